The Morgan fingerprint density at radius 2 is 1.96 bits per heavy atom. The lowest BCUT2D eigenvalue weighted by molar-refractivity contribution is 0.137. The third-order valence-electron chi connectivity index (χ3n) is 4.80. The fraction of sp³-hybridized carbons (Fsp3) is 0.316. The molecular weight excluding hydrogens is 390 g/mol. The minimum atomic E-state index is -3.55. The first-order chi connectivity index (χ1) is 13.2. The molecule has 0 saturated carbocycles. The first kappa shape index (κ1) is 20.2. The van der Waals surface area contributed by atoms with Crippen LogP contribution in [0.4, 0.5) is 13.6 Å². The minimum absolute atomic E-state index is 0.00548. The van der Waals surface area contributed by atoms with Gasteiger partial charge in [0, 0.05) is 18.2 Å². The standard InChI is InChI=1S/C19H20F2N2O4S/c1-28(26,27)22-16-8-9-23(19(24)25)17(16)11-13-5-3-7-15(18(13)21)12-4-2-6-14(20)10-12/h2-7,10,16-17,22H,8-9,11H2,1H3,(H,24,25)/t16-,17-/m1/s1. The maximum atomic E-state index is 15.1. The SMILES string of the molecule is CS(=O)(=O)N[C@@H]1CCN(C(=O)O)[C@@H]1Cc1cccc(-c2cccc(F)c2)c1F. The summed E-state index contributed by atoms with van der Waals surface area (Å²) in [5.41, 5.74) is 0.802. The van der Waals surface area contributed by atoms with Gasteiger partial charge in [-0.3, -0.25) is 0 Å². The Hall–Kier alpha value is -2.52. The van der Waals surface area contributed by atoms with E-state index in [0.29, 0.717) is 12.0 Å². The van der Waals surface area contributed by atoms with Gasteiger partial charge in [0.25, 0.3) is 0 Å². The molecule has 150 valence electrons. The van der Waals surface area contributed by atoms with Crippen molar-refractivity contribution in [3.8, 4) is 11.1 Å². The fourth-order valence-electron chi connectivity index (χ4n) is 3.60. The quantitative estimate of drug-likeness (QED) is 0.794. The highest BCUT2D eigenvalue weighted by Gasteiger charge is 2.39. The summed E-state index contributed by atoms with van der Waals surface area (Å²) in [6.07, 6.45) is 0.104. The van der Waals surface area contributed by atoms with Gasteiger partial charge in [-0.2, -0.15) is 0 Å². The van der Waals surface area contributed by atoms with Crippen molar-refractivity contribution in [1.29, 1.82) is 0 Å². The van der Waals surface area contributed by atoms with Crippen LogP contribution in [0.3, 0.4) is 0 Å². The van der Waals surface area contributed by atoms with E-state index in [-0.39, 0.29) is 24.1 Å². The number of nitrogens with zero attached hydrogens (tertiary/aromatic N) is 1. The van der Waals surface area contributed by atoms with Crippen molar-refractivity contribution in [3.05, 3.63) is 59.7 Å². The van der Waals surface area contributed by atoms with E-state index in [0.717, 1.165) is 11.2 Å². The van der Waals surface area contributed by atoms with Crippen LogP contribution in [-0.2, 0) is 16.4 Å². The summed E-state index contributed by atoms with van der Waals surface area (Å²) in [7, 11) is -3.55. The topological polar surface area (TPSA) is 86.7 Å². The molecule has 9 heteroatoms. The summed E-state index contributed by atoms with van der Waals surface area (Å²) in [6, 6.07) is 8.79. The van der Waals surface area contributed by atoms with Gasteiger partial charge in [0.05, 0.1) is 12.3 Å². The molecule has 1 saturated heterocycles. The summed E-state index contributed by atoms with van der Waals surface area (Å²) in [5, 5.41) is 9.42. The van der Waals surface area contributed by atoms with Gasteiger partial charge in [0.2, 0.25) is 10.0 Å². The second-order valence-electron chi connectivity index (χ2n) is 6.82. The van der Waals surface area contributed by atoms with Gasteiger partial charge < -0.3 is 10.0 Å². The second kappa shape index (κ2) is 7.84. The lowest BCUT2D eigenvalue weighted by Gasteiger charge is -2.26. The van der Waals surface area contributed by atoms with Gasteiger partial charge in [-0.05, 0) is 36.1 Å². The van der Waals surface area contributed by atoms with Crippen molar-refractivity contribution in [2.75, 3.05) is 12.8 Å². The number of hydrogen-bond donors (Lipinski definition) is 2. The zero-order valence-corrected chi connectivity index (χ0v) is 15.9. The largest absolute Gasteiger partial charge is 0.465 e. The van der Waals surface area contributed by atoms with Crippen LogP contribution in [-0.4, -0.2) is 49.4 Å². The van der Waals surface area contributed by atoms with Crippen molar-refractivity contribution >= 4 is 16.1 Å². The number of carbonyl (C=O) groups is 1. The maximum Gasteiger partial charge on any atom is 0.407 e. The highest BCUT2D eigenvalue weighted by Crippen LogP contribution is 2.29. The predicted molar refractivity (Wildman–Crippen MR) is 100 cm³/mol. The fourth-order valence-corrected chi connectivity index (χ4v) is 4.42. The summed E-state index contributed by atoms with van der Waals surface area (Å²) < 4.78 is 54.3. The number of likely N-dealkylation sites (tertiary alicyclic amines) is 1. The van der Waals surface area contributed by atoms with Crippen molar-refractivity contribution in [2.24, 2.45) is 0 Å². The summed E-state index contributed by atoms with van der Waals surface area (Å²) in [4.78, 5) is 12.7. The molecule has 2 aromatic carbocycles. The van der Waals surface area contributed by atoms with Crippen LogP contribution < -0.4 is 4.72 Å². The Morgan fingerprint density at radius 1 is 1.25 bits per heavy atom. The lowest BCUT2D eigenvalue weighted by atomic mass is 9.96. The van der Waals surface area contributed by atoms with Gasteiger partial charge in [-0.15, -0.1) is 0 Å². The van der Waals surface area contributed by atoms with Gasteiger partial charge in [0.1, 0.15) is 11.6 Å². The van der Waals surface area contributed by atoms with E-state index in [4.69, 9.17) is 0 Å². The van der Waals surface area contributed by atoms with E-state index in [1.165, 1.54) is 30.3 Å². The molecular formula is C19H20F2N2O4S. The Morgan fingerprint density at radius 3 is 2.61 bits per heavy atom. The predicted octanol–water partition coefficient (Wildman–Crippen LogP) is 2.84. The molecule has 1 aliphatic rings. The summed E-state index contributed by atoms with van der Waals surface area (Å²) >= 11 is 0. The molecule has 2 N–H and O–H groups in total. The molecule has 1 amide bonds. The van der Waals surface area contributed by atoms with Crippen LogP contribution >= 0.6 is 0 Å². The number of rotatable bonds is 5. The zero-order chi connectivity index (χ0) is 20.5. The van der Waals surface area contributed by atoms with Gasteiger partial charge in [-0.1, -0.05) is 30.3 Å². The van der Waals surface area contributed by atoms with Gasteiger partial charge in [0.15, 0.2) is 0 Å². The normalized spacial score (nSPS) is 19.8. The maximum absolute atomic E-state index is 15.1. The number of amides is 1. The highest BCUT2D eigenvalue weighted by atomic mass is 32.2. The molecule has 0 spiro atoms. The number of hydrogen-bond acceptors (Lipinski definition) is 3. The molecule has 0 aromatic heterocycles. The van der Waals surface area contributed by atoms with Crippen LogP contribution in [0.5, 0.6) is 0 Å². The van der Waals surface area contributed by atoms with Gasteiger partial charge >= 0.3 is 6.09 Å². The van der Waals surface area contributed by atoms with E-state index in [2.05, 4.69) is 4.72 Å². The average molecular weight is 410 g/mol. The van der Waals surface area contributed by atoms with Gasteiger partial charge in [-0.25, -0.2) is 26.7 Å². The molecule has 0 bridgehead atoms. The lowest BCUT2D eigenvalue weighted by Crippen LogP contribution is -2.47. The van der Waals surface area contributed by atoms with Crippen LogP contribution in [0, 0.1) is 11.6 Å². The van der Waals surface area contributed by atoms with E-state index >= 15 is 4.39 Å². The van der Waals surface area contributed by atoms with Crippen molar-refractivity contribution in [1.82, 2.24) is 9.62 Å². The Balaban J connectivity index is 1.94. The van der Waals surface area contributed by atoms with Crippen LogP contribution in [0.2, 0.25) is 0 Å². The molecule has 1 heterocycles. The molecule has 6 nitrogen and oxygen atoms in total. The number of carboxylic acid groups (broad SMARTS) is 1. The molecule has 3 rings (SSSR count). The van der Waals surface area contributed by atoms with E-state index in [1.54, 1.807) is 12.1 Å². The van der Waals surface area contributed by atoms with Crippen LogP contribution in [0.25, 0.3) is 11.1 Å². The van der Waals surface area contributed by atoms with Crippen LogP contribution in [0.15, 0.2) is 42.5 Å². The highest BCUT2D eigenvalue weighted by molar-refractivity contribution is 7.88. The van der Waals surface area contributed by atoms with E-state index < -0.39 is 39.8 Å². The minimum Gasteiger partial charge on any atom is -0.465 e. The van der Waals surface area contributed by atoms with Crippen molar-refractivity contribution in [2.45, 2.75) is 24.9 Å². The number of sulfonamides is 1. The molecule has 1 aliphatic heterocycles. The number of nitrogens with one attached hydrogen (secondary N) is 1. The smallest absolute Gasteiger partial charge is 0.407 e. The molecule has 2 aromatic rings. The van der Waals surface area contributed by atoms with Crippen molar-refractivity contribution in [3.63, 3.8) is 0 Å². The second-order valence-corrected chi connectivity index (χ2v) is 8.60. The summed E-state index contributed by atoms with van der Waals surface area (Å²) in [6.45, 7) is 0.151. The summed E-state index contributed by atoms with van der Waals surface area (Å²) in [5.74, 6) is -1.07. The monoisotopic (exact) mass is 410 g/mol. The first-order valence-electron chi connectivity index (χ1n) is 8.66. The first-order valence-corrected chi connectivity index (χ1v) is 10.5. The molecule has 0 aliphatic carbocycles. The average Bonchev–Trinajstić information content (AvgIpc) is 2.97. The molecule has 28 heavy (non-hydrogen) atoms. The van der Waals surface area contributed by atoms with Crippen molar-refractivity contribution < 1.29 is 27.1 Å². The van der Waals surface area contributed by atoms with E-state index in [9.17, 15) is 22.7 Å². The molecule has 1 fully saturated rings. The van der Waals surface area contributed by atoms with Crippen LogP contribution in [0.1, 0.15) is 12.0 Å². The molecule has 0 unspecified atom stereocenters. The number of halogens is 2. The molecule has 2 atom stereocenters. The third-order valence-corrected chi connectivity index (χ3v) is 5.53. The van der Waals surface area contributed by atoms with E-state index in [1.807, 2.05) is 0 Å². The Bertz CT molecular complexity index is 997. The Labute approximate surface area is 161 Å². The Kier molecular flexibility index (Phi) is 5.66. The number of benzene rings is 2. The molecule has 0 radical (unpaired) electrons. The third kappa shape index (κ3) is 4.48. The zero-order valence-electron chi connectivity index (χ0n) is 15.1.